The number of fused-ring (bicyclic) bond motifs is 2. The van der Waals surface area contributed by atoms with Crippen LogP contribution in [0.3, 0.4) is 0 Å². The zero-order chi connectivity index (χ0) is 32.1. The van der Waals surface area contributed by atoms with Crippen LogP contribution in [0.25, 0.3) is 55.1 Å². The van der Waals surface area contributed by atoms with Crippen molar-refractivity contribution in [1.82, 2.24) is 0 Å². The maximum atomic E-state index is 5.77. The van der Waals surface area contributed by atoms with Gasteiger partial charge in [-0.15, -0.1) is 63.5 Å². The van der Waals surface area contributed by atoms with Gasteiger partial charge >= 0.3 is 53.5 Å². The summed E-state index contributed by atoms with van der Waals surface area (Å²) in [6.45, 7) is 12.8. The summed E-state index contributed by atoms with van der Waals surface area (Å²) in [4.78, 5) is 0. The smallest absolute Gasteiger partial charge is 0.0896 e. The van der Waals surface area contributed by atoms with E-state index in [1.165, 1.54) is 60.5 Å². The molecule has 45 heavy (non-hydrogen) atoms. The van der Waals surface area contributed by atoms with Crippen LogP contribution in [0.5, 0.6) is 0 Å². The van der Waals surface area contributed by atoms with Crippen molar-refractivity contribution in [3.05, 3.63) is 144 Å². The second kappa shape index (κ2) is 15.1. The van der Waals surface area contributed by atoms with Gasteiger partial charge in [0, 0.05) is 0 Å². The average molecular weight is 725 g/mol. The molecular weight excluding hydrogens is 687 g/mol. The number of benzene rings is 4. The Balaban J connectivity index is 0.000000155. The SMILES string of the molecule is C[Si](C)=[Zr]([Cl])[Cl].Cc1cc2c(-c3ccccc3)c(C)ccc2[cH-]1.Cc1ccc(-c2cc3c(-c4ccccc4)c(C)ccc3[cH-]2)o1. The number of hydrogen-bond acceptors (Lipinski definition) is 1. The molecule has 0 N–H and O–H groups in total. The minimum Gasteiger partial charge on any atom is -0.496 e. The van der Waals surface area contributed by atoms with Crippen molar-refractivity contribution in [2.75, 3.05) is 0 Å². The fourth-order valence-corrected chi connectivity index (χ4v) is 5.64. The second-order valence-electron chi connectivity index (χ2n) is 11.7. The number of hydrogen-bond donors (Lipinski definition) is 0. The van der Waals surface area contributed by atoms with Crippen LogP contribution in [0.15, 0.2) is 126 Å². The Kier molecular flexibility index (Phi) is 11.2. The molecular formula is C40H38Cl2OSiZr-2. The summed E-state index contributed by atoms with van der Waals surface area (Å²) in [5.41, 5.74) is 10.1. The summed E-state index contributed by atoms with van der Waals surface area (Å²) >= 11 is -1.65. The maximum Gasteiger partial charge on any atom is 0.0896 e. The fraction of sp³-hybridized carbons (Fsp3) is 0.150. The van der Waals surface area contributed by atoms with Crippen molar-refractivity contribution in [3.8, 4) is 33.6 Å². The molecule has 228 valence electrons. The van der Waals surface area contributed by atoms with Crippen molar-refractivity contribution in [3.63, 3.8) is 0 Å². The molecule has 0 radical (unpaired) electrons. The van der Waals surface area contributed by atoms with Crippen LogP contribution in [0, 0.1) is 27.7 Å². The standard InChI is InChI=1S/C21H17O.C17H15.C2H6Si.2ClH.Zr/c1-14-8-10-17-12-18(20-11-9-15(2)22-20)13-19(17)21(14)16-6-4-3-5-7-16;1-12-10-15-9-8-13(2)17(16(15)11-12)14-6-4-3-5-7-14;1-3-2;;;/h3-13H,1-2H3;3-11H,1-2H3;1-2H3;2*1H;/q2*-1;;;;+2/p-2. The minimum absolute atomic E-state index is 0.224. The van der Waals surface area contributed by atoms with Crippen LogP contribution in [0.4, 0.5) is 0 Å². The largest absolute Gasteiger partial charge is 0.496 e. The molecule has 5 heteroatoms. The van der Waals surface area contributed by atoms with Gasteiger partial charge in [0.15, 0.2) is 0 Å². The van der Waals surface area contributed by atoms with Crippen LogP contribution >= 0.6 is 17.0 Å². The van der Waals surface area contributed by atoms with E-state index in [-0.39, 0.29) is 5.43 Å². The molecule has 0 aliphatic rings. The van der Waals surface area contributed by atoms with Crippen LogP contribution in [0.2, 0.25) is 13.1 Å². The molecule has 0 bridgehead atoms. The molecule has 1 heterocycles. The third-order valence-electron chi connectivity index (χ3n) is 7.87. The molecule has 0 aliphatic carbocycles. The van der Waals surface area contributed by atoms with Gasteiger partial charge in [-0.25, -0.2) is 0 Å². The van der Waals surface area contributed by atoms with Crippen molar-refractivity contribution in [2.45, 2.75) is 40.8 Å². The Morgan fingerprint density at radius 2 is 1.09 bits per heavy atom. The zero-order valence-corrected chi connectivity index (χ0v) is 31.7. The summed E-state index contributed by atoms with van der Waals surface area (Å²) in [6, 6.07) is 43.1. The Morgan fingerprint density at radius 1 is 0.600 bits per heavy atom. The van der Waals surface area contributed by atoms with Gasteiger partial charge in [-0.2, -0.15) is 6.07 Å². The molecule has 0 atom stereocenters. The van der Waals surface area contributed by atoms with Crippen LogP contribution in [-0.2, 0) is 18.0 Å². The first-order valence-electron chi connectivity index (χ1n) is 15.1. The first kappa shape index (κ1) is 33.4. The summed E-state index contributed by atoms with van der Waals surface area (Å²) in [5, 5.41) is 5.25. The van der Waals surface area contributed by atoms with Crippen LogP contribution in [0.1, 0.15) is 22.5 Å². The Morgan fingerprint density at radius 3 is 1.56 bits per heavy atom. The number of rotatable bonds is 3. The maximum absolute atomic E-state index is 5.77. The van der Waals surface area contributed by atoms with E-state index < -0.39 is 18.0 Å². The van der Waals surface area contributed by atoms with Crippen molar-refractivity contribution in [1.29, 1.82) is 0 Å². The first-order chi connectivity index (χ1) is 21.6. The van der Waals surface area contributed by atoms with E-state index in [9.17, 15) is 0 Å². The van der Waals surface area contributed by atoms with Gasteiger partial charge in [0.05, 0.1) is 11.5 Å². The summed E-state index contributed by atoms with van der Waals surface area (Å²) < 4.78 is 5.77. The van der Waals surface area contributed by atoms with E-state index >= 15 is 0 Å². The Bertz CT molecular complexity index is 2060. The molecule has 0 saturated heterocycles. The third-order valence-corrected chi connectivity index (χ3v) is 27.6. The molecule has 0 saturated carbocycles. The van der Waals surface area contributed by atoms with E-state index in [4.69, 9.17) is 21.4 Å². The number of halogens is 2. The first-order valence-corrected chi connectivity index (χ1v) is 27.7. The molecule has 6 aromatic carbocycles. The quantitative estimate of drug-likeness (QED) is 0.131. The summed E-state index contributed by atoms with van der Waals surface area (Å²) in [7, 11) is 11.2. The molecule has 0 amide bonds. The summed E-state index contributed by atoms with van der Waals surface area (Å²) in [6.07, 6.45) is 0. The summed E-state index contributed by atoms with van der Waals surface area (Å²) in [5.74, 6) is 1.88. The zero-order valence-electron chi connectivity index (χ0n) is 26.7. The van der Waals surface area contributed by atoms with Gasteiger partial charge in [-0.1, -0.05) is 95.9 Å². The molecule has 0 unspecified atom stereocenters. The molecule has 0 aliphatic heterocycles. The molecule has 0 fully saturated rings. The third kappa shape index (κ3) is 8.08. The molecule has 1 nitrogen and oxygen atoms in total. The average Bonchev–Trinajstić information content (AvgIpc) is 3.76. The predicted molar refractivity (Wildman–Crippen MR) is 196 cm³/mol. The molecule has 1 aromatic heterocycles. The van der Waals surface area contributed by atoms with E-state index in [0.29, 0.717) is 0 Å². The monoisotopic (exact) mass is 722 g/mol. The van der Waals surface area contributed by atoms with E-state index in [1.807, 2.05) is 19.1 Å². The second-order valence-corrected chi connectivity index (χ2v) is 34.7. The van der Waals surface area contributed by atoms with Gasteiger partial charge in [0.25, 0.3) is 0 Å². The van der Waals surface area contributed by atoms with E-state index in [2.05, 4.69) is 143 Å². The van der Waals surface area contributed by atoms with Crippen molar-refractivity contribution >= 4 is 44.0 Å². The minimum atomic E-state index is -1.65. The Hall–Kier alpha value is -2.94. The van der Waals surface area contributed by atoms with Gasteiger partial charge in [-0.05, 0) is 49.6 Å². The molecule has 0 spiro atoms. The van der Waals surface area contributed by atoms with Gasteiger partial charge in [-0.3, -0.25) is 0 Å². The van der Waals surface area contributed by atoms with E-state index in [1.54, 1.807) is 0 Å². The number of aryl methyl sites for hydroxylation is 4. The van der Waals surface area contributed by atoms with Gasteiger partial charge < -0.3 is 4.42 Å². The van der Waals surface area contributed by atoms with Crippen molar-refractivity contribution in [2.24, 2.45) is 0 Å². The van der Waals surface area contributed by atoms with Crippen LogP contribution < -0.4 is 0 Å². The predicted octanol–water partition coefficient (Wildman–Crippen LogP) is 13.1. The van der Waals surface area contributed by atoms with Gasteiger partial charge in [0.1, 0.15) is 0 Å². The Labute approximate surface area is 282 Å². The van der Waals surface area contributed by atoms with E-state index in [0.717, 1.165) is 17.1 Å². The normalized spacial score (nSPS) is 10.7. The fourth-order valence-electron chi connectivity index (χ4n) is 5.64. The number of furan rings is 1. The topological polar surface area (TPSA) is 13.1 Å². The van der Waals surface area contributed by atoms with Crippen molar-refractivity contribution < 1.29 is 22.4 Å². The van der Waals surface area contributed by atoms with Crippen LogP contribution in [-0.4, -0.2) is 5.43 Å². The molecule has 7 rings (SSSR count). The molecule has 7 aromatic rings. The van der Waals surface area contributed by atoms with Gasteiger partial charge in [0.2, 0.25) is 0 Å².